The molecule has 24 heavy (non-hydrogen) atoms. The van der Waals surface area contributed by atoms with Gasteiger partial charge in [-0.15, -0.1) is 0 Å². The molecule has 2 aromatic heterocycles. The third-order valence-electron chi connectivity index (χ3n) is 1.86. The first kappa shape index (κ1) is 21.1. The van der Waals surface area contributed by atoms with Crippen LogP contribution >= 0.6 is 0 Å². The highest BCUT2D eigenvalue weighted by Crippen LogP contribution is 2.13. The Balaban J connectivity index is 0.000000343. The summed E-state index contributed by atoms with van der Waals surface area (Å²) in [4.78, 5) is 25.9. The highest BCUT2D eigenvalue weighted by Gasteiger charge is 2.38. The van der Waals surface area contributed by atoms with Crippen LogP contribution in [0.2, 0.25) is 0 Å². The monoisotopic (exact) mass is 358 g/mol. The molecule has 0 spiro atoms. The second-order valence-electron chi connectivity index (χ2n) is 3.66. The molecule has 0 unspecified atom stereocenters. The Kier molecular flexibility index (Phi) is 7.59. The van der Waals surface area contributed by atoms with Crippen molar-refractivity contribution in [3.8, 4) is 0 Å². The molecule has 0 fully saturated rings. The molecular weight excluding hydrogens is 350 g/mol. The normalized spacial score (nSPS) is 10.8. The number of alkyl halides is 6. The van der Waals surface area contributed by atoms with Gasteiger partial charge in [-0.05, 0) is 24.3 Å². The molecule has 6 nitrogen and oxygen atoms in total. The average molecular weight is 358 g/mol. The summed E-state index contributed by atoms with van der Waals surface area (Å²) in [5.74, 6) is -5.51. The van der Waals surface area contributed by atoms with E-state index in [2.05, 4.69) is 9.97 Å². The molecule has 2 rings (SSSR count). The van der Waals surface area contributed by atoms with Crippen molar-refractivity contribution in [2.45, 2.75) is 12.4 Å². The lowest BCUT2D eigenvalue weighted by Crippen LogP contribution is -2.21. The fourth-order valence-electron chi connectivity index (χ4n) is 0.908. The van der Waals surface area contributed by atoms with Crippen LogP contribution in [0.15, 0.2) is 36.7 Å². The Morgan fingerprint density at radius 2 is 1.08 bits per heavy atom. The van der Waals surface area contributed by atoms with Crippen LogP contribution in [-0.2, 0) is 9.59 Å². The fraction of sp³-hybridized carbons (Fsp3) is 0.167. The first-order chi connectivity index (χ1) is 10.9. The Labute approximate surface area is 129 Å². The maximum atomic E-state index is 10.6. The molecule has 12 heteroatoms. The van der Waals surface area contributed by atoms with Crippen LogP contribution in [0.3, 0.4) is 0 Å². The molecule has 0 aromatic carbocycles. The zero-order valence-corrected chi connectivity index (χ0v) is 11.3. The van der Waals surface area contributed by atoms with Crippen LogP contribution in [0.25, 0.3) is 11.0 Å². The van der Waals surface area contributed by atoms with Crippen LogP contribution in [0.5, 0.6) is 0 Å². The zero-order chi connectivity index (χ0) is 19.0. The molecule has 0 bridgehead atoms. The smallest absolute Gasteiger partial charge is 0.475 e. The van der Waals surface area contributed by atoms with Gasteiger partial charge in [0.15, 0.2) is 5.65 Å². The minimum Gasteiger partial charge on any atom is -0.475 e. The van der Waals surface area contributed by atoms with E-state index in [1.807, 2.05) is 24.3 Å². The topological polar surface area (TPSA) is 100 Å². The Morgan fingerprint density at radius 3 is 1.29 bits per heavy atom. The van der Waals surface area contributed by atoms with Crippen molar-refractivity contribution in [1.82, 2.24) is 9.97 Å². The first-order valence-electron chi connectivity index (χ1n) is 5.61. The van der Waals surface area contributed by atoms with E-state index in [0.717, 1.165) is 11.0 Å². The Morgan fingerprint density at radius 1 is 0.792 bits per heavy atom. The highest BCUT2D eigenvalue weighted by atomic mass is 19.4. The minimum atomic E-state index is -5.08. The number of carbonyl (C=O) groups is 2. The van der Waals surface area contributed by atoms with Gasteiger partial charge in [-0.1, -0.05) is 0 Å². The lowest BCUT2D eigenvalue weighted by molar-refractivity contribution is -0.193. The first-order valence-corrected chi connectivity index (χ1v) is 5.61. The summed E-state index contributed by atoms with van der Waals surface area (Å²) in [6.45, 7) is 0. The number of aromatic nitrogens is 2. The van der Waals surface area contributed by atoms with Gasteiger partial charge in [-0.2, -0.15) is 26.3 Å². The Hall–Kier alpha value is -2.92. The molecular formula is C12H8F6N2O4. The third kappa shape index (κ3) is 8.51. The number of fused-ring (bicyclic) bond motifs is 1. The number of aliphatic carboxylic acids is 2. The van der Waals surface area contributed by atoms with Crippen molar-refractivity contribution in [3.63, 3.8) is 0 Å². The Bertz CT molecular complexity index is 598. The minimum absolute atomic E-state index is 0.810. The van der Waals surface area contributed by atoms with E-state index >= 15 is 0 Å². The van der Waals surface area contributed by atoms with Crippen LogP contribution in [0, 0.1) is 0 Å². The van der Waals surface area contributed by atoms with E-state index in [1.54, 1.807) is 12.4 Å². The molecule has 0 radical (unpaired) electrons. The summed E-state index contributed by atoms with van der Waals surface area (Å²) in [5, 5.41) is 15.3. The van der Waals surface area contributed by atoms with Gasteiger partial charge in [0, 0.05) is 17.8 Å². The largest absolute Gasteiger partial charge is 0.490 e. The summed E-state index contributed by atoms with van der Waals surface area (Å²) < 4.78 is 63.5. The molecule has 0 saturated carbocycles. The lowest BCUT2D eigenvalue weighted by Gasteiger charge is -1.93. The lowest BCUT2D eigenvalue weighted by atomic mass is 10.3. The maximum Gasteiger partial charge on any atom is 0.490 e. The van der Waals surface area contributed by atoms with Gasteiger partial charge in [-0.3, -0.25) is 0 Å². The van der Waals surface area contributed by atoms with Crippen molar-refractivity contribution in [2.24, 2.45) is 0 Å². The number of carboxylic acid groups (broad SMARTS) is 2. The van der Waals surface area contributed by atoms with E-state index in [9.17, 15) is 26.3 Å². The quantitative estimate of drug-likeness (QED) is 0.703. The second-order valence-corrected chi connectivity index (χ2v) is 3.66. The van der Waals surface area contributed by atoms with Crippen LogP contribution in [-0.4, -0.2) is 44.5 Å². The number of rotatable bonds is 0. The molecule has 2 heterocycles. The maximum absolute atomic E-state index is 10.6. The molecule has 2 aromatic rings. The zero-order valence-electron chi connectivity index (χ0n) is 11.3. The van der Waals surface area contributed by atoms with Gasteiger partial charge in [0.2, 0.25) is 0 Å². The molecule has 0 amide bonds. The van der Waals surface area contributed by atoms with Gasteiger partial charge in [0.1, 0.15) is 0 Å². The number of hydrogen-bond donors (Lipinski definition) is 2. The standard InChI is InChI=1S/C8H6N2.2C2HF3O2/c1-3-7-4-2-6-10-8(7)9-5-1;2*3-2(4,5)1(6)7/h1-6H;2*(H,6,7). The van der Waals surface area contributed by atoms with Crippen molar-refractivity contribution < 1.29 is 46.1 Å². The van der Waals surface area contributed by atoms with Crippen LogP contribution in [0.1, 0.15) is 0 Å². The van der Waals surface area contributed by atoms with Gasteiger partial charge in [0.05, 0.1) is 0 Å². The summed E-state index contributed by atoms with van der Waals surface area (Å²) in [6.07, 6.45) is -6.68. The van der Waals surface area contributed by atoms with Gasteiger partial charge >= 0.3 is 24.3 Å². The number of pyridine rings is 2. The van der Waals surface area contributed by atoms with Crippen molar-refractivity contribution in [3.05, 3.63) is 36.7 Å². The molecule has 0 atom stereocenters. The van der Waals surface area contributed by atoms with E-state index in [1.165, 1.54) is 0 Å². The van der Waals surface area contributed by atoms with E-state index in [0.29, 0.717) is 0 Å². The van der Waals surface area contributed by atoms with Crippen LogP contribution < -0.4 is 0 Å². The SMILES string of the molecule is O=C(O)C(F)(F)F.O=C(O)C(F)(F)F.c1cnc2ncccc2c1. The summed E-state index contributed by atoms with van der Waals surface area (Å²) in [7, 11) is 0. The number of hydrogen-bond acceptors (Lipinski definition) is 4. The highest BCUT2D eigenvalue weighted by molar-refractivity contribution is 5.74. The summed E-state index contributed by atoms with van der Waals surface area (Å²) in [6, 6.07) is 7.80. The van der Waals surface area contributed by atoms with Crippen molar-refractivity contribution >= 4 is 23.0 Å². The van der Waals surface area contributed by atoms with E-state index in [4.69, 9.17) is 19.8 Å². The molecule has 2 N–H and O–H groups in total. The molecule has 0 saturated heterocycles. The van der Waals surface area contributed by atoms with Crippen molar-refractivity contribution in [2.75, 3.05) is 0 Å². The predicted octanol–water partition coefficient (Wildman–Crippen LogP) is 2.90. The molecule has 0 aliphatic carbocycles. The van der Waals surface area contributed by atoms with E-state index in [-0.39, 0.29) is 0 Å². The number of halogens is 6. The van der Waals surface area contributed by atoms with Gasteiger partial charge < -0.3 is 10.2 Å². The van der Waals surface area contributed by atoms with Crippen LogP contribution in [0.4, 0.5) is 26.3 Å². The summed E-state index contributed by atoms with van der Waals surface area (Å²) in [5.41, 5.74) is 0.810. The molecule has 0 aliphatic heterocycles. The van der Waals surface area contributed by atoms with Crippen molar-refractivity contribution in [1.29, 1.82) is 0 Å². The molecule has 132 valence electrons. The predicted molar refractivity (Wildman–Crippen MR) is 66.9 cm³/mol. The second kappa shape index (κ2) is 8.64. The van der Waals surface area contributed by atoms with Gasteiger partial charge in [-0.25, -0.2) is 19.6 Å². The number of carboxylic acids is 2. The summed E-state index contributed by atoms with van der Waals surface area (Å²) >= 11 is 0. The van der Waals surface area contributed by atoms with E-state index < -0.39 is 24.3 Å². The van der Waals surface area contributed by atoms with Gasteiger partial charge in [0.25, 0.3) is 0 Å². The number of nitrogens with zero attached hydrogens (tertiary/aromatic N) is 2. The molecule has 0 aliphatic rings. The third-order valence-corrected chi connectivity index (χ3v) is 1.86. The fourth-order valence-corrected chi connectivity index (χ4v) is 0.908. The average Bonchev–Trinajstić information content (AvgIpc) is 2.46.